The number of hydrogen-bond donors (Lipinski definition) is 1. The molecule has 1 aromatic heterocycles. The van der Waals surface area contributed by atoms with Crippen molar-refractivity contribution in [3.63, 3.8) is 0 Å². The lowest BCUT2D eigenvalue weighted by Crippen LogP contribution is -2.48. The highest BCUT2D eigenvalue weighted by Crippen LogP contribution is 2.42. The van der Waals surface area contributed by atoms with Gasteiger partial charge in [-0.05, 0) is 19.1 Å². The van der Waals surface area contributed by atoms with Crippen molar-refractivity contribution >= 4 is 11.8 Å². The van der Waals surface area contributed by atoms with Crippen LogP contribution in [0.4, 0.5) is 0 Å². The van der Waals surface area contributed by atoms with Crippen LogP contribution in [-0.2, 0) is 15.0 Å². The maximum atomic E-state index is 11.0. The molecule has 1 aliphatic carbocycles. The van der Waals surface area contributed by atoms with Crippen molar-refractivity contribution in [2.45, 2.75) is 25.2 Å². The van der Waals surface area contributed by atoms with Crippen LogP contribution in [-0.4, -0.2) is 16.9 Å². The third-order valence-corrected chi connectivity index (χ3v) is 2.62. The van der Waals surface area contributed by atoms with E-state index in [1.54, 1.807) is 19.1 Å². The summed E-state index contributed by atoms with van der Waals surface area (Å²) >= 11 is 0. The van der Waals surface area contributed by atoms with Crippen LogP contribution < -0.4 is 0 Å². The van der Waals surface area contributed by atoms with E-state index in [1.807, 2.05) is 0 Å². The summed E-state index contributed by atoms with van der Waals surface area (Å²) in [5.41, 5.74) is -1.09. The molecule has 0 aliphatic heterocycles. The first kappa shape index (κ1) is 8.99. The van der Waals surface area contributed by atoms with E-state index in [0.717, 1.165) is 0 Å². The van der Waals surface area contributed by atoms with Crippen LogP contribution >= 0.6 is 0 Å². The molecule has 0 spiro atoms. The molecule has 1 N–H and O–H groups in total. The number of hydrogen-bond acceptors (Lipinski definition) is 3. The number of Topliss-reactive ketones (excluding diaryl/α,β-unsaturated/α-hetero) is 1. The SMILES string of the molecule is Cc1ccc(C2(C(=O)O)CC(=O)C2)o1. The molecule has 1 aliphatic rings. The molecule has 2 rings (SSSR count). The Hall–Kier alpha value is -1.58. The highest BCUT2D eigenvalue weighted by molar-refractivity contribution is 6.00. The molecule has 0 aromatic carbocycles. The Morgan fingerprint density at radius 2 is 2.14 bits per heavy atom. The molecule has 0 radical (unpaired) electrons. The highest BCUT2D eigenvalue weighted by Gasteiger charge is 2.53. The van der Waals surface area contributed by atoms with Crippen molar-refractivity contribution in [3.8, 4) is 0 Å². The van der Waals surface area contributed by atoms with Crippen molar-refractivity contribution in [1.82, 2.24) is 0 Å². The van der Waals surface area contributed by atoms with E-state index in [0.29, 0.717) is 11.5 Å². The van der Waals surface area contributed by atoms with E-state index in [-0.39, 0.29) is 18.6 Å². The molecule has 0 amide bonds. The minimum absolute atomic E-state index is 0.0264. The molecule has 0 unspecified atom stereocenters. The molecule has 74 valence electrons. The van der Waals surface area contributed by atoms with E-state index in [9.17, 15) is 9.59 Å². The molecule has 0 saturated heterocycles. The molecule has 4 nitrogen and oxygen atoms in total. The minimum Gasteiger partial charge on any atom is -0.480 e. The molecular weight excluding hydrogens is 184 g/mol. The van der Waals surface area contributed by atoms with Crippen LogP contribution in [0.1, 0.15) is 24.4 Å². The summed E-state index contributed by atoms with van der Waals surface area (Å²) < 4.78 is 5.27. The molecule has 0 atom stereocenters. The van der Waals surface area contributed by atoms with Crippen LogP contribution in [0.3, 0.4) is 0 Å². The van der Waals surface area contributed by atoms with E-state index < -0.39 is 11.4 Å². The average Bonchev–Trinajstić information content (AvgIpc) is 2.45. The second-order valence-corrected chi connectivity index (χ2v) is 3.69. The van der Waals surface area contributed by atoms with Crippen molar-refractivity contribution in [2.75, 3.05) is 0 Å². The summed E-state index contributed by atoms with van der Waals surface area (Å²) in [6.45, 7) is 1.75. The van der Waals surface area contributed by atoms with Gasteiger partial charge in [-0.25, -0.2) is 0 Å². The zero-order valence-corrected chi connectivity index (χ0v) is 7.74. The fourth-order valence-electron chi connectivity index (χ4n) is 1.74. The monoisotopic (exact) mass is 194 g/mol. The summed E-state index contributed by atoms with van der Waals surface area (Å²) in [5.74, 6) is 0.0509. The first-order valence-corrected chi connectivity index (χ1v) is 4.37. The predicted molar refractivity (Wildman–Crippen MR) is 47.0 cm³/mol. The number of carboxylic acid groups (broad SMARTS) is 1. The Labute approximate surface area is 80.5 Å². The highest BCUT2D eigenvalue weighted by atomic mass is 16.4. The molecule has 1 aromatic rings. The fraction of sp³-hybridized carbons (Fsp3) is 0.400. The van der Waals surface area contributed by atoms with Gasteiger partial charge in [0, 0.05) is 12.8 Å². The van der Waals surface area contributed by atoms with E-state index in [1.165, 1.54) is 0 Å². The smallest absolute Gasteiger partial charge is 0.318 e. The van der Waals surface area contributed by atoms with Gasteiger partial charge in [0.05, 0.1) is 0 Å². The van der Waals surface area contributed by atoms with Crippen LogP contribution in [0, 0.1) is 6.92 Å². The van der Waals surface area contributed by atoms with Gasteiger partial charge in [0.25, 0.3) is 0 Å². The number of carbonyl (C=O) groups excluding carboxylic acids is 1. The number of aliphatic carboxylic acids is 1. The third-order valence-electron chi connectivity index (χ3n) is 2.62. The molecule has 1 saturated carbocycles. The van der Waals surface area contributed by atoms with Crippen LogP contribution in [0.25, 0.3) is 0 Å². The predicted octanol–water partition coefficient (Wildman–Crippen LogP) is 1.27. The number of carbonyl (C=O) groups is 2. The van der Waals surface area contributed by atoms with Gasteiger partial charge in [-0.2, -0.15) is 0 Å². The Morgan fingerprint density at radius 1 is 1.50 bits per heavy atom. The number of aryl methyl sites for hydroxylation is 1. The first-order chi connectivity index (χ1) is 6.54. The second kappa shape index (κ2) is 2.70. The first-order valence-electron chi connectivity index (χ1n) is 4.37. The van der Waals surface area contributed by atoms with Crippen molar-refractivity contribution in [3.05, 3.63) is 23.7 Å². The van der Waals surface area contributed by atoms with Crippen LogP contribution in [0.5, 0.6) is 0 Å². The van der Waals surface area contributed by atoms with E-state index >= 15 is 0 Å². The number of furan rings is 1. The normalized spacial score (nSPS) is 19.1. The number of ketones is 1. The minimum atomic E-state index is -1.09. The van der Waals surface area contributed by atoms with Crippen molar-refractivity contribution in [1.29, 1.82) is 0 Å². The molecule has 1 fully saturated rings. The standard InChI is InChI=1S/C10H10O4/c1-6-2-3-8(14-6)10(9(12)13)4-7(11)5-10/h2-3H,4-5H2,1H3,(H,12,13). The van der Waals surface area contributed by atoms with Gasteiger partial charge in [0.2, 0.25) is 0 Å². The summed E-state index contributed by atoms with van der Waals surface area (Å²) in [6, 6.07) is 3.35. The summed E-state index contributed by atoms with van der Waals surface area (Å²) in [7, 11) is 0. The van der Waals surface area contributed by atoms with Gasteiger partial charge < -0.3 is 9.52 Å². The average molecular weight is 194 g/mol. The second-order valence-electron chi connectivity index (χ2n) is 3.69. The maximum Gasteiger partial charge on any atom is 0.318 e. The Bertz CT molecular complexity index is 394. The summed E-state index contributed by atoms with van der Waals surface area (Å²) in [6.07, 6.45) is 0.102. The van der Waals surface area contributed by atoms with Gasteiger partial charge in [0.1, 0.15) is 22.7 Å². The lowest BCUT2D eigenvalue weighted by atomic mass is 9.66. The quantitative estimate of drug-likeness (QED) is 0.769. The van der Waals surface area contributed by atoms with Gasteiger partial charge in [-0.3, -0.25) is 9.59 Å². The van der Waals surface area contributed by atoms with E-state index in [4.69, 9.17) is 9.52 Å². The lowest BCUT2D eigenvalue weighted by Gasteiger charge is -2.33. The van der Waals surface area contributed by atoms with E-state index in [2.05, 4.69) is 0 Å². The van der Waals surface area contributed by atoms with Gasteiger partial charge in [0.15, 0.2) is 0 Å². The Kier molecular flexibility index (Phi) is 1.74. The summed E-state index contributed by atoms with van der Waals surface area (Å²) in [4.78, 5) is 21.9. The van der Waals surface area contributed by atoms with Crippen LogP contribution in [0.15, 0.2) is 16.5 Å². The Morgan fingerprint density at radius 3 is 2.50 bits per heavy atom. The van der Waals surface area contributed by atoms with Crippen LogP contribution in [0.2, 0.25) is 0 Å². The number of rotatable bonds is 2. The topological polar surface area (TPSA) is 67.5 Å². The molecular formula is C10H10O4. The zero-order chi connectivity index (χ0) is 10.3. The summed E-state index contributed by atoms with van der Waals surface area (Å²) in [5, 5.41) is 9.05. The van der Waals surface area contributed by atoms with Crippen molar-refractivity contribution < 1.29 is 19.1 Å². The van der Waals surface area contributed by atoms with Gasteiger partial charge >= 0.3 is 5.97 Å². The maximum absolute atomic E-state index is 11.0. The fourth-order valence-corrected chi connectivity index (χ4v) is 1.74. The molecule has 14 heavy (non-hydrogen) atoms. The largest absolute Gasteiger partial charge is 0.480 e. The molecule has 0 bridgehead atoms. The number of carboxylic acids is 1. The van der Waals surface area contributed by atoms with Crippen molar-refractivity contribution in [2.24, 2.45) is 0 Å². The molecule has 1 heterocycles. The van der Waals surface area contributed by atoms with Gasteiger partial charge in [-0.1, -0.05) is 0 Å². The lowest BCUT2D eigenvalue weighted by molar-refractivity contribution is -0.154. The molecule has 4 heteroatoms. The van der Waals surface area contributed by atoms with Gasteiger partial charge in [-0.15, -0.1) is 0 Å². The Balaban J connectivity index is 2.38. The zero-order valence-electron chi connectivity index (χ0n) is 7.74. The third kappa shape index (κ3) is 1.07.